The van der Waals surface area contributed by atoms with Gasteiger partial charge in [-0.1, -0.05) is 6.07 Å². The normalized spacial score (nSPS) is 19.1. The molecule has 1 fully saturated rings. The van der Waals surface area contributed by atoms with Crippen LogP contribution in [0.1, 0.15) is 18.4 Å². The molecular formula is C15H18FN3S. The van der Waals surface area contributed by atoms with E-state index in [4.69, 9.17) is 0 Å². The molecule has 106 valence electrons. The molecule has 1 aromatic heterocycles. The van der Waals surface area contributed by atoms with Crippen molar-refractivity contribution in [2.24, 2.45) is 0 Å². The van der Waals surface area contributed by atoms with Crippen LogP contribution in [0.25, 0.3) is 5.69 Å². The summed E-state index contributed by atoms with van der Waals surface area (Å²) < 4.78 is 14.9. The van der Waals surface area contributed by atoms with E-state index in [1.165, 1.54) is 36.5 Å². The zero-order valence-electron chi connectivity index (χ0n) is 11.3. The largest absolute Gasteiger partial charge is 0.309 e. The van der Waals surface area contributed by atoms with Gasteiger partial charge in [-0.3, -0.25) is 0 Å². The van der Waals surface area contributed by atoms with Crippen molar-refractivity contribution in [2.45, 2.75) is 25.4 Å². The minimum absolute atomic E-state index is 0.239. The molecule has 0 unspecified atom stereocenters. The van der Waals surface area contributed by atoms with E-state index in [0.29, 0.717) is 6.04 Å². The molecule has 1 atom stereocenters. The highest BCUT2D eigenvalue weighted by molar-refractivity contribution is 7.99. The van der Waals surface area contributed by atoms with Crippen LogP contribution in [0.3, 0.4) is 0 Å². The van der Waals surface area contributed by atoms with Crippen molar-refractivity contribution in [3.05, 3.63) is 48.0 Å². The van der Waals surface area contributed by atoms with Crippen molar-refractivity contribution >= 4 is 11.8 Å². The molecule has 0 radical (unpaired) electrons. The Bertz CT molecular complexity index is 564. The highest BCUT2D eigenvalue weighted by Gasteiger charge is 2.13. The van der Waals surface area contributed by atoms with Crippen LogP contribution >= 0.6 is 11.8 Å². The molecule has 20 heavy (non-hydrogen) atoms. The van der Waals surface area contributed by atoms with Gasteiger partial charge in [0.2, 0.25) is 0 Å². The van der Waals surface area contributed by atoms with E-state index in [1.54, 1.807) is 10.7 Å². The third-order valence-corrected chi connectivity index (χ3v) is 4.68. The Labute approximate surface area is 122 Å². The van der Waals surface area contributed by atoms with Gasteiger partial charge >= 0.3 is 0 Å². The lowest BCUT2D eigenvalue weighted by molar-refractivity contribution is 0.507. The topological polar surface area (TPSA) is 29.9 Å². The second-order valence-corrected chi connectivity index (χ2v) is 6.22. The van der Waals surface area contributed by atoms with Gasteiger partial charge in [0.1, 0.15) is 5.82 Å². The van der Waals surface area contributed by atoms with Gasteiger partial charge in [0.25, 0.3) is 0 Å². The van der Waals surface area contributed by atoms with Gasteiger partial charge < -0.3 is 5.32 Å². The molecule has 2 heterocycles. The predicted octanol–water partition coefficient (Wildman–Crippen LogP) is 3.00. The van der Waals surface area contributed by atoms with Crippen LogP contribution in [0.15, 0.2) is 36.7 Å². The Morgan fingerprint density at radius 1 is 1.45 bits per heavy atom. The fourth-order valence-corrected chi connectivity index (χ4v) is 3.48. The molecular weight excluding hydrogens is 273 g/mol. The molecule has 0 amide bonds. The van der Waals surface area contributed by atoms with Crippen molar-refractivity contribution in [3.8, 4) is 5.69 Å². The van der Waals surface area contributed by atoms with Crippen LogP contribution in [-0.4, -0.2) is 27.3 Å². The molecule has 3 rings (SSSR count). The number of hydrogen-bond acceptors (Lipinski definition) is 3. The fraction of sp³-hybridized carbons (Fsp3) is 0.400. The van der Waals surface area contributed by atoms with Crippen LogP contribution in [0.2, 0.25) is 0 Å². The van der Waals surface area contributed by atoms with Crippen LogP contribution in [0.5, 0.6) is 0 Å². The molecule has 1 aliphatic heterocycles. The molecule has 2 aromatic rings. The Morgan fingerprint density at radius 2 is 2.40 bits per heavy atom. The molecule has 0 bridgehead atoms. The second-order valence-electron chi connectivity index (χ2n) is 5.07. The Balaban J connectivity index is 1.61. The van der Waals surface area contributed by atoms with E-state index in [1.807, 2.05) is 30.2 Å². The highest BCUT2D eigenvalue weighted by Crippen LogP contribution is 2.17. The molecule has 1 saturated heterocycles. The maximum atomic E-state index is 13.2. The van der Waals surface area contributed by atoms with E-state index in [-0.39, 0.29) is 5.82 Å². The van der Waals surface area contributed by atoms with Gasteiger partial charge in [-0.25, -0.2) is 9.07 Å². The summed E-state index contributed by atoms with van der Waals surface area (Å²) in [5.74, 6) is 2.24. The average molecular weight is 291 g/mol. The Kier molecular flexibility index (Phi) is 4.38. The summed E-state index contributed by atoms with van der Waals surface area (Å²) in [6.07, 6.45) is 6.35. The van der Waals surface area contributed by atoms with Crippen LogP contribution in [0.4, 0.5) is 4.39 Å². The quantitative estimate of drug-likeness (QED) is 0.939. The number of benzene rings is 1. The number of aromatic nitrogens is 2. The van der Waals surface area contributed by atoms with E-state index >= 15 is 0 Å². The molecule has 0 saturated carbocycles. The third kappa shape index (κ3) is 3.41. The maximum Gasteiger partial charge on any atom is 0.125 e. The summed E-state index contributed by atoms with van der Waals surface area (Å²) in [7, 11) is 0. The summed E-state index contributed by atoms with van der Waals surface area (Å²) in [5.41, 5.74) is 1.88. The molecule has 1 aliphatic rings. The standard InChI is InChI=1S/C15H18FN3S/c16-13-3-1-5-15(7-13)19-10-12(9-18-19)8-17-14-4-2-6-20-11-14/h1,3,5,7,9-10,14,17H,2,4,6,8,11H2/t14-/m0/s1. The van der Waals surface area contributed by atoms with Crippen molar-refractivity contribution < 1.29 is 4.39 Å². The first-order valence-corrected chi connectivity index (χ1v) is 8.07. The van der Waals surface area contributed by atoms with E-state index in [0.717, 1.165) is 17.8 Å². The lowest BCUT2D eigenvalue weighted by Gasteiger charge is -2.22. The molecule has 0 aliphatic carbocycles. The minimum Gasteiger partial charge on any atom is -0.309 e. The molecule has 3 nitrogen and oxygen atoms in total. The van der Waals surface area contributed by atoms with Crippen molar-refractivity contribution in [1.82, 2.24) is 15.1 Å². The first kappa shape index (κ1) is 13.6. The molecule has 1 N–H and O–H groups in total. The van der Waals surface area contributed by atoms with Gasteiger partial charge in [-0.05, 0) is 36.8 Å². The van der Waals surface area contributed by atoms with Crippen LogP contribution < -0.4 is 5.32 Å². The van der Waals surface area contributed by atoms with Crippen molar-refractivity contribution in [3.63, 3.8) is 0 Å². The van der Waals surface area contributed by atoms with Crippen LogP contribution in [-0.2, 0) is 6.54 Å². The lowest BCUT2D eigenvalue weighted by atomic mass is 10.2. The number of hydrogen-bond donors (Lipinski definition) is 1. The summed E-state index contributed by atoms with van der Waals surface area (Å²) in [6.45, 7) is 0.820. The fourth-order valence-electron chi connectivity index (χ4n) is 2.38. The van der Waals surface area contributed by atoms with Gasteiger partial charge in [0.15, 0.2) is 0 Å². The first-order valence-electron chi connectivity index (χ1n) is 6.92. The molecule has 1 aromatic carbocycles. The SMILES string of the molecule is Fc1cccc(-n2cc(CN[C@H]3CCCSC3)cn2)c1. The monoisotopic (exact) mass is 291 g/mol. The summed E-state index contributed by atoms with van der Waals surface area (Å²) in [5, 5.41) is 7.86. The van der Waals surface area contributed by atoms with Gasteiger partial charge in [0, 0.05) is 30.1 Å². The second kappa shape index (κ2) is 6.41. The third-order valence-electron chi connectivity index (χ3n) is 3.46. The summed E-state index contributed by atoms with van der Waals surface area (Å²) >= 11 is 2.02. The highest BCUT2D eigenvalue weighted by atomic mass is 32.2. The molecule has 5 heteroatoms. The first-order chi connectivity index (χ1) is 9.81. The number of nitrogens with zero attached hydrogens (tertiary/aromatic N) is 2. The van der Waals surface area contributed by atoms with Crippen molar-refractivity contribution in [1.29, 1.82) is 0 Å². The Hall–Kier alpha value is -1.33. The molecule has 0 spiro atoms. The lowest BCUT2D eigenvalue weighted by Crippen LogP contribution is -2.33. The summed E-state index contributed by atoms with van der Waals surface area (Å²) in [4.78, 5) is 0. The average Bonchev–Trinajstić information content (AvgIpc) is 2.95. The van der Waals surface area contributed by atoms with E-state index < -0.39 is 0 Å². The number of nitrogens with one attached hydrogen (secondary N) is 1. The Morgan fingerprint density at radius 3 is 3.20 bits per heavy atom. The number of halogens is 1. The number of rotatable bonds is 4. The van der Waals surface area contributed by atoms with Gasteiger partial charge in [-0.2, -0.15) is 16.9 Å². The van der Waals surface area contributed by atoms with Crippen molar-refractivity contribution in [2.75, 3.05) is 11.5 Å². The number of thioether (sulfide) groups is 1. The smallest absolute Gasteiger partial charge is 0.125 e. The minimum atomic E-state index is -0.239. The predicted molar refractivity (Wildman–Crippen MR) is 80.7 cm³/mol. The zero-order valence-corrected chi connectivity index (χ0v) is 12.1. The van der Waals surface area contributed by atoms with E-state index in [2.05, 4.69) is 10.4 Å². The zero-order chi connectivity index (χ0) is 13.8. The van der Waals surface area contributed by atoms with Gasteiger partial charge in [0.05, 0.1) is 11.9 Å². The maximum absolute atomic E-state index is 13.2. The van der Waals surface area contributed by atoms with Gasteiger partial charge in [-0.15, -0.1) is 0 Å². The van der Waals surface area contributed by atoms with E-state index in [9.17, 15) is 4.39 Å². The van der Waals surface area contributed by atoms with Crippen LogP contribution in [0, 0.1) is 5.82 Å². The summed E-state index contributed by atoms with van der Waals surface area (Å²) in [6, 6.07) is 7.08.